The molecule has 2 rings (SSSR count). The lowest BCUT2D eigenvalue weighted by molar-refractivity contribution is -0.117. The summed E-state index contributed by atoms with van der Waals surface area (Å²) in [5, 5.41) is 2.96. The molecule has 1 N–H and O–H groups in total. The number of carbonyl (C=O) groups excluding carboxylic acids is 1. The molecule has 0 fully saturated rings. The zero-order chi connectivity index (χ0) is 9.42. The summed E-state index contributed by atoms with van der Waals surface area (Å²) in [4.78, 5) is 11.4. The Labute approximate surface area is 90.9 Å². The van der Waals surface area contributed by atoms with Gasteiger partial charge in [-0.25, -0.2) is 0 Å². The van der Waals surface area contributed by atoms with Crippen LogP contribution in [0.5, 0.6) is 0 Å². The number of hydrogen-bond donors (Lipinski definition) is 1. The van der Waals surface area contributed by atoms with Gasteiger partial charge in [-0.1, -0.05) is 24.3 Å². The first kappa shape index (κ1) is 8.99. The van der Waals surface area contributed by atoms with Crippen molar-refractivity contribution in [2.24, 2.45) is 5.92 Å². The van der Waals surface area contributed by atoms with Crippen molar-refractivity contribution in [1.82, 2.24) is 5.32 Å². The molecule has 0 radical (unpaired) electrons. The van der Waals surface area contributed by atoms with E-state index in [0.717, 1.165) is 3.58 Å². The molecule has 13 heavy (non-hydrogen) atoms. The van der Waals surface area contributed by atoms with Crippen molar-refractivity contribution < 1.29 is 4.79 Å². The third-order valence-electron chi connectivity index (χ3n) is 2.48. The highest BCUT2D eigenvalue weighted by Crippen LogP contribution is 2.30. The molecule has 68 valence electrons. The summed E-state index contributed by atoms with van der Waals surface area (Å²) < 4.78 is 0.832. The third-order valence-corrected chi connectivity index (χ3v) is 3.82. The number of carbonyl (C=O) groups is 1. The second-order valence-corrected chi connectivity index (χ2v) is 4.37. The van der Waals surface area contributed by atoms with E-state index < -0.39 is 0 Å². The first-order valence-electron chi connectivity index (χ1n) is 4.22. The van der Waals surface area contributed by atoms with Gasteiger partial charge in [-0.3, -0.25) is 4.79 Å². The molecule has 0 aromatic rings. The van der Waals surface area contributed by atoms with E-state index in [1.165, 1.54) is 5.57 Å². The van der Waals surface area contributed by atoms with Gasteiger partial charge < -0.3 is 5.32 Å². The van der Waals surface area contributed by atoms with Crippen LogP contribution in [0.15, 0.2) is 33.5 Å². The Morgan fingerprint density at radius 2 is 2.08 bits per heavy atom. The fourth-order valence-corrected chi connectivity index (χ4v) is 2.21. The number of hydrogen-bond acceptors (Lipinski definition) is 1. The molecule has 1 aliphatic heterocycles. The van der Waals surface area contributed by atoms with E-state index in [9.17, 15) is 4.79 Å². The number of nitrogens with one attached hydrogen (secondary N) is 1. The number of halogens is 1. The maximum atomic E-state index is 11.4. The summed E-state index contributed by atoms with van der Waals surface area (Å²) in [6.45, 7) is 2.03. The topological polar surface area (TPSA) is 29.1 Å². The van der Waals surface area contributed by atoms with Gasteiger partial charge in [-0.2, -0.15) is 0 Å². The Hall–Kier alpha value is -0.580. The molecule has 2 atom stereocenters. The molecule has 3 heteroatoms. The standard InChI is InChI=1S/C10H10INO/c1-6-7-4-2-3-5-8(7)12-10(13)9(6)11/h2-5,7-8H,1H3,(H,12,13). The van der Waals surface area contributed by atoms with Crippen LogP contribution in [0.3, 0.4) is 0 Å². The van der Waals surface area contributed by atoms with Crippen LogP contribution < -0.4 is 5.32 Å². The highest BCUT2D eigenvalue weighted by Gasteiger charge is 2.30. The number of allylic oxidation sites excluding steroid dienone is 2. The molecule has 2 unspecified atom stereocenters. The summed E-state index contributed by atoms with van der Waals surface area (Å²) >= 11 is 2.11. The van der Waals surface area contributed by atoms with Crippen molar-refractivity contribution in [2.45, 2.75) is 13.0 Å². The fraction of sp³-hybridized carbons (Fsp3) is 0.300. The smallest absolute Gasteiger partial charge is 0.257 e. The molecule has 0 spiro atoms. The van der Waals surface area contributed by atoms with E-state index in [0.29, 0.717) is 5.92 Å². The number of rotatable bonds is 0. The molecule has 1 aliphatic carbocycles. The van der Waals surface area contributed by atoms with Gasteiger partial charge in [0, 0.05) is 5.92 Å². The monoisotopic (exact) mass is 287 g/mol. The van der Waals surface area contributed by atoms with E-state index in [-0.39, 0.29) is 11.9 Å². The van der Waals surface area contributed by atoms with Crippen LogP contribution >= 0.6 is 22.6 Å². The van der Waals surface area contributed by atoms with Crippen LogP contribution in [0.2, 0.25) is 0 Å². The van der Waals surface area contributed by atoms with Gasteiger partial charge in [0.05, 0.1) is 9.62 Å². The molecule has 0 bridgehead atoms. The molecule has 1 amide bonds. The van der Waals surface area contributed by atoms with Crippen molar-refractivity contribution in [2.75, 3.05) is 0 Å². The van der Waals surface area contributed by atoms with Crippen LogP contribution in [0, 0.1) is 5.92 Å². The van der Waals surface area contributed by atoms with Gasteiger partial charge in [0.25, 0.3) is 5.91 Å². The molecule has 1 heterocycles. The largest absolute Gasteiger partial charge is 0.345 e. The lowest BCUT2D eigenvalue weighted by Crippen LogP contribution is -2.43. The maximum absolute atomic E-state index is 11.4. The average molecular weight is 287 g/mol. The lowest BCUT2D eigenvalue weighted by atomic mass is 9.86. The summed E-state index contributed by atoms with van der Waals surface area (Å²) in [5.74, 6) is 0.411. The van der Waals surface area contributed by atoms with E-state index >= 15 is 0 Å². The van der Waals surface area contributed by atoms with Gasteiger partial charge in [0.2, 0.25) is 0 Å². The van der Waals surface area contributed by atoms with Crippen molar-refractivity contribution >= 4 is 28.5 Å². The molecular weight excluding hydrogens is 277 g/mol. The molecule has 2 aliphatic rings. The number of fused-ring (bicyclic) bond motifs is 1. The minimum Gasteiger partial charge on any atom is -0.345 e. The quantitative estimate of drug-likeness (QED) is 0.678. The maximum Gasteiger partial charge on any atom is 0.257 e. The molecule has 0 saturated heterocycles. The zero-order valence-electron chi connectivity index (χ0n) is 7.25. The Morgan fingerprint density at radius 1 is 1.38 bits per heavy atom. The predicted molar refractivity (Wildman–Crippen MR) is 60.4 cm³/mol. The minimum atomic E-state index is 0.0549. The molecule has 0 aromatic heterocycles. The molecular formula is C10H10INO. The molecule has 0 saturated carbocycles. The van der Waals surface area contributed by atoms with E-state index in [4.69, 9.17) is 0 Å². The molecule has 2 nitrogen and oxygen atoms in total. The summed E-state index contributed by atoms with van der Waals surface area (Å²) in [6, 6.07) is 0.163. The van der Waals surface area contributed by atoms with Crippen molar-refractivity contribution in [3.05, 3.63) is 33.5 Å². The Balaban J connectivity index is 2.41. The number of amides is 1. The van der Waals surface area contributed by atoms with Crippen LogP contribution in [-0.4, -0.2) is 11.9 Å². The third kappa shape index (κ3) is 1.45. The van der Waals surface area contributed by atoms with Gasteiger partial charge >= 0.3 is 0 Å². The Bertz CT molecular complexity index is 341. The highest BCUT2D eigenvalue weighted by atomic mass is 127. The Kier molecular flexibility index (Phi) is 2.27. The summed E-state index contributed by atoms with van der Waals surface area (Å²) in [5.41, 5.74) is 1.18. The molecule has 0 aromatic carbocycles. The first-order valence-corrected chi connectivity index (χ1v) is 5.30. The Morgan fingerprint density at radius 3 is 2.85 bits per heavy atom. The van der Waals surface area contributed by atoms with Crippen molar-refractivity contribution in [3.63, 3.8) is 0 Å². The average Bonchev–Trinajstić information content (AvgIpc) is 2.15. The predicted octanol–water partition coefficient (Wildman–Crippen LogP) is 1.94. The zero-order valence-corrected chi connectivity index (χ0v) is 9.41. The lowest BCUT2D eigenvalue weighted by Gasteiger charge is -2.31. The fourth-order valence-electron chi connectivity index (χ4n) is 1.70. The SMILES string of the molecule is CC1=C(I)C(=O)NC2C=CC=CC12. The van der Waals surface area contributed by atoms with Crippen LogP contribution in [-0.2, 0) is 4.79 Å². The second kappa shape index (κ2) is 3.29. The van der Waals surface area contributed by atoms with Crippen molar-refractivity contribution in [1.29, 1.82) is 0 Å². The normalized spacial score (nSPS) is 31.7. The van der Waals surface area contributed by atoms with E-state index in [1.54, 1.807) is 0 Å². The van der Waals surface area contributed by atoms with Crippen molar-refractivity contribution in [3.8, 4) is 0 Å². The summed E-state index contributed by atoms with van der Waals surface area (Å²) in [6.07, 6.45) is 8.19. The van der Waals surface area contributed by atoms with E-state index in [1.807, 2.05) is 25.2 Å². The van der Waals surface area contributed by atoms with Gasteiger partial charge in [-0.15, -0.1) is 0 Å². The van der Waals surface area contributed by atoms with E-state index in [2.05, 4.69) is 34.0 Å². The van der Waals surface area contributed by atoms with Gasteiger partial charge in [0.1, 0.15) is 0 Å². The minimum absolute atomic E-state index is 0.0549. The van der Waals surface area contributed by atoms with Crippen LogP contribution in [0.25, 0.3) is 0 Å². The van der Waals surface area contributed by atoms with Crippen LogP contribution in [0.1, 0.15) is 6.92 Å². The second-order valence-electron chi connectivity index (χ2n) is 3.29. The van der Waals surface area contributed by atoms with Crippen LogP contribution in [0.4, 0.5) is 0 Å². The summed E-state index contributed by atoms with van der Waals surface area (Å²) in [7, 11) is 0. The highest BCUT2D eigenvalue weighted by molar-refractivity contribution is 14.1. The first-order chi connectivity index (χ1) is 6.20. The van der Waals surface area contributed by atoms with Gasteiger partial charge in [-0.05, 0) is 35.1 Å². The van der Waals surface area contributed by atoms with Gasteiger partial charge in [0.15, 0.2) is 0 Å².